The van der Waals surface area contributed by atoms with Crippen molar-refractivity contribution in [2.75, 3.05) is 13.1 Å². The summed E-state index contributed by atoms with van der Waals surface area (Å²) >= 11 is 0. The Morgan fingerprint density at radius 3 is 2.38 bits per heavy atom. The predicted octanol–water partition coefficient (Wildman–Crippen LogP) is 3.63. The average Bonchev–Trinajstić information content (AvgIpc) is 2.86. The summed E-state index contributed by atoms with van der Waals surface area (Å²) in [5.74, 6) is 0. The van der Waals surface area contributed by atoms with Crippen LogP contribution in [-0.2, 0) is 0 Å². The molecule has 21 heavy (non-hydrogen) atoms. The van der Waals surface area contributed by atoms with Crippen LogP contribution in [0.1, 0.15) is 25.0 Å². The van der Waals surface area contributed by atoms with Crippen LogP contribution >= 0.6 is 0 Å². The Morgan fingerprint density at radius 2 is 1.90 bits per heavy atom. The number of allylic oxidation sites excluding steroid dienone is 2. The van der Waals surface area contributed by atoms with Crippen LogP contribution < -0.4 is 0 Å². The van der Waals surface area contributed by atoms with Crippen LogP contribution in [0.5, 0.6) is 0 Å². The van der Waals surface area contributed by atoms with Gasteiger partial charge in [-0.05, 0) is 48.3 Å². The van der Waals surface area contributed by atoms with Gasteiger partial charge in [0.25, 0.3) is 0 Å². The summed E-state index contributed by atoms with van der Waals surface area (Å²) in [5.41, 5.74) is 6.11. The van der Waals surface area contributed by atoms with Crippen LogP contribution in [0.4, 0.5) is 0 Å². The second-order valence-electron chi connectivity index (χ2n) is 5.31. The molecule has 1 aliphatic heterocycles. The summed E-state index contributed by atoms with van der Waals surface area (Å²) in [5, 5.41) is 18.0. The highest BCUT2D eigenvalue weighted by Gasteiger charge is 2.21. The monoisotopic (exact) mass is 275 g/mol. The topological polar surface area (TPSA) is 50.8 Å². The van der Waals surface area contributed by atoms with Gasteiger partial charge in [-0.3, -0.25) is 0 Å². The first-order chi connectivity index (χ1) is 10.0. The largest absolute Gasteiger partial charge is 0.302 e. The molecule has 0 N–H and O–H groups in total. The van der Waals surface area contributed by atoms with Crippen molar-refractivity contribution in [2.45, 2.75) is 13.8 Å². The second kappa shape index (κ2) is 6.11. The van der Waals surface area contributed by atoms with Gasteiger partial charge in [0.15, 0.2) is 6.19 Å². The maximum Gasteiger partial charge on any atom is 0.179 e. The summed E-state index contributed by atoms with van der Waals surface area (Å²) < 4.78 is 0. The van der Waals surface area contributed by atoms with E-state index in [2.05, 4.69) is 25.8 Å². The van der Waals surface area contributed by atoms with Gasteiger partial charge < -0.3 is 4.90 Å². The molecule has 0 bridgehead atoms. The highest BCUT2D eigenvalue weighted by Crippen LogP contribution is 2.31. The van der Waals surface area contributed by atoms with Gasteiger partial charge in [-0.1, -0.05) is 30.4 Å². The quantitative estimate of drug-likeness (QED) is 0.625. The van der Waals surface area contributed by atoms with Crippen LogP contribution in [0.3, 0.4) is 0 Å². The van der Waals surface area contributed by atoms with Crippen LogP contribution in [-0.4, -0.2) is 18.0 Å². The number of nitrogens with zero attached hydrogens (tertiary/aromatic N) is 3. The lowest BCUT2D eigenvalue weighted by Crippen LogP contribution is -2.14. The molecule has 1 aromatic rings. The van der Waals surface area contributed by atoms with Crippen molar-refractivity contribution in [3.8, 4) is 12.3 Å². The number of rotatable bonds is 3. The van der Waals surface area contributed by atoms with Crippen molar-refractivity contribution in [3.05, 3.63) is 64.8 Å². The highest BCUT2D eigenvalue weighted by molar-refractivity contribution is 5.82. The molecule has 0 fully saturated rings. The fourth-order valence-electron chi connectivity index (χ4n) is 2.46. The van der Waals surface area contributed by atoms with Crippen molar-refractivity contribution in [3.63, 3.8) is 0 Å². The third kappa shape index (κ3) is 3.22. The van der Waals surface area contributed by atoms with E-state index in [1.807, 2.05) is 37.3 Å². The van der Waals surface area contributed by atoms with E-state index in [1.165, 1.54) is 11.1 Å². The number of hydrogen-bond donors (Lipinski definition) is 0. The smallest absolute Gasteiger partial charge is 0.179 e. The summed E-state index contributed by atoms with van der Waals surface area (Å²) in [6, 6.07) is 9.65. The van der Waals surface area contributed by atoms with Crippen molar-refractivity contribution in [1.29, 1.82) is 10.5 Å². The second-order valence-corrected chi connectivity index (χ2v) is 5.31. The minimum absolute atomic E-state index is 0.626. The van der Waals surface area contributed by atoms with E-state index in [0.29, 0.717) is 18.7 Å². The Bertz CT molecular complexity index is 706. The Labute approximate surface area is 125 Å². The summed E-state index contributed by atoms with van der Waals surface area (Å²) in [6.07, 6.45) is 4.24. The van der Waals surface area contributed by atoms with E-state index in [-0.39, 0.29) is 0 Å². The minimum Gasteiger partial charge on any atom is -0.302 e. The normalized spacial score (nSPS) is 14.9. The number of hydrogen-bond acceptors (Lipinski definition) is 3. The van der Waals surface area contributed by atoms with Crippen LogP contribution in [0, 0.1) is 22.8 Å². The van der Waals surface area contributed by atoms with Gasteiger partial charge in [0.1, 0.15) is 0 Å². The zero-order valence-corrected chi connectivity index (χ0v) is 12.3. The maximum atomic E-state index is 9.08. The van der Waals surface area contributed by atoms with Gasteiger partial charge in [-0.2, -0.15) is 10.5 Å². The van der Waals surface area contributed by atoms with E-state index >= 15 is 0 Å². The first-order valence-corrected chi connectivity index (χ1v) is 6.76. The molecule has 0 aliphatic carbocycles. The minimum atomic E-state index is 0.626. The molecule has 3 nitrogen and oxygen atoms in total. The van der Waals surface area contributed by atoms with Crippen molar-refractivity contribution < 1.29 is 0 Å². The molecule has 0 amide bonds. The van der Waals surface area contributed by atoms with E-state index in [1.54, 1.807) is 4.90 Å². The van der Waals surface area contributed by atoms with Gasteiger partial charge in [0.05, 0.1) is 18.2 Å². The van der Waals surface area contributed by atoms with Crippen LogP contribution in [0.25, 0.3) is 5.57 Å². The average molecular weight is 275 g/mol. The first-order valence-electron chi connectivity index (χ1n) is 6.76. The van der Waals surface area contributed by atoms with Crippen LogP contribution in [0.15, 0.2) is 53.6 Å². The molecule has 0 saturated carbocycles. The third-order valence-corrected chi connectivity index (χ3v) is 3.47. The van der Waals surface area contributed by atoms with E-state index in [4.69, 9.17) is 10.5 Å². The maximum absolute atomic E-state index is 9.08. The molecule has 104 valence electrons. The molecular formula is C18H17N3. The van der Waals surface area contributed by atoms with E-state index in [0.717, 1.165) is 16.7 Å². The molecular weight excluding hydrogens is 258 g/mol. The highest BCUT2D eigenvalue weighted by atomic mass is 15.1. The molecule has 0 spiro atoms. The molecule has 0 radical (unpaired) electrons. The Balaban J connectivity index is 2.46. The van der Waals surface area contributed by atoms with Crippen molar-refractivity contribution in [1.82, 2.24) is 4.90 Å². The zero-order chi connectivity index (χ0) is 15.4. The molecule has 1 aliphatic rings. The first kappa shape index (κ1) is 14.6. The van der Waals surface area contributed by atoms with Crippen LogP contribution in [0.2, 0.25) is 0 Å². The molecule has 0 aromatic heterocycles. The van der Waals surface area contributed by atoms with Gasteiger partial charge in [-0.15, -0.1) is 0 Å². The lowest BCUT2D eigenvalue weighted by atomic mass is 9.93. The molecule has 1 heterocycles. The Hall–Kier alpha value is -2.78. The zero-order valence-electron chi connectivity index (χ0n) is 12.3. The lowest BCUT2D eigenvalue weighted by molar-refractivity contribution is 0.497. The molecule has 0 saturated heterocycles. The molecule has 3 heteroatoms. The van der Waals surface area contributed by atoms with Crippen molar-refractivity contribution >= 4 is 5.57 Å². The number of nitriles is 2. The van der Waals surface area contributed by atoms with Gasteiger partial charge >= 0.3 is 0 Å². The number of benzene rings is 1. The van der Waals surface area contributed by atoms with E-state index < -0.39 is 0 Å². The van der Waals surface area contributed by atoms with Crippen molar-refractivity contribution in [2.24, 2.45) is 0 Å². The summed E-state index contributed by atoms with van der Waals surface area (Å²) in [6.45, 7) is 9.28. The van der Waals surface area contributed by atoms with Gasteiger partial charge in [0.2, 0.25) is 0 Å². The lowest BCUT2D eigenvalue weighted by Gasteiger charge is -2.12. The van der Waals surface area contributed by atoms with Gasteiger partial charge in [0, 0.05) is 6.54 Å². The van der Waals surface area contributed by atoms with E-state index in [9.17, 15) is 0 Å². The summed E-state index contributed by atoms with van der Waals surface area (Å²) in [7, 11) is 0. The summed E-state index contributed by atoms with van der Waals surface area (Å²) in [4.78, 5) is 1.74. The predicted molar refractivity (Wildman–Crippen MR) is 83.8 cm³/mol. The third-order valence-electron chi connectivity index (χ3n) is 3.47. The Morgan fingerprint density at radius 1 is 1.24 bits per heavy atom. The molecule has 0 atom stereocenters. The fourth-order valence-corrected chi connectivity index (χ4v) is 2.46. The molecule has 0 unspecified atom stereocenters. The Kier molecular flexibility index (Phi) is 4.26. The molecule has 2 rings (SSSR count). The SMILES string of the molecule is C=C(C)/C=C(\C1=C(C)CN(C#N)C1)c1ccc(C#N)cc1. The standard InChI is InChI=1S/C18H17N3/c1-13(2)8-17(16-6-4-15(9-19)5-7-16)18-11-21(12-20)10-14(18)3/h4-8H,1,10-11H2,2-3H3/b17-8-. The molecule has 1 aromatic carbocycles. The van der Waals surface area contributed by atoms with Gasteiger partial charge in [-0.25, -0.2) is 0 Å². The fraction of sp³-hybridized carbons (Fsp3) is 0.222.